The van der Waals surface area contributed by atoms with Gasteiger partial charge in [0.1, 0.15) is 5.82 Å². The summed E-state index contributed by atoms with van der Waals surface area (Å²) in [6.07, 6.45) is 0.937. The monoisotopic (exact) mass is 256 g/mol. The van der Waals surface area contributed by atoms with Crippen molar-refractivity contribution in [1.82, 2.24) is 10.3 Å². The van der Waals surface area contributed by atoms with Crippen LogP contribution in [0.3, 0.4) is 0 Å². The van der Waals surface area contributed by atoms with E-state index in [2.05, 4.69) is 10.3 Å². The van der Waals surface area contributed by atoms with Crippen LogP contribution in [-0.2, 0) is 6.54 Å². The smallest absolute Gasteiger partial charge is 0.168 e. The summed E-state index contributed by atoms with van der Waals surface area (Å²) in [7, 11) is 0. The quantitative estimate of drug-likeness (QED) is 0.637. The molecule has 0 unspecified atom stereocenters. The van der Waals surface area contributed by atoms with Gasteiger partial charge in [-0.15, -0.1) is 0 Å². The Morgan fingerprint density at radius 3 is 2.61 bits per heavy atom. The maximum atomic E-state index is 13.8. The molecule has 0 atom stereocenters. The van der Waals surface area contributed by atoms with Crippen molar-refractivity contribution in [2.75, 3.05) is 6.54 Å². The van der Waals surface area contributed by atoms with Crippen molar-refractivity contribution in [3.63, 3.8) is 0 Å². The third kappa shape index (κ3) is 2.10. The Kier molecular flexibility index (Phi) is 3.61. The summed E-state index contributed by atoms with van der Waals surface area (Å²) in [4.78, 5) is 2.77. The van der Waals surface area contributed by atoms with Gasteiger partial charge in [-0.1, -0.05) is 6.92 Å². The van der Waals surface area contributed by atoms with Gasteiger partial charge in [-0.2, -0.15) is 0 Å². The minimum absolute atomic E-state index is 0.00797. The first kappa shape index (κ1) is 13.0. The van der Waals surface area contributed by atoms with Crippen molar-refractivity contribution < 1.29 is 13.2 Å². The van der Waals surface area contributed by atoms with Crippen molar-refractivity contribution in [2.45, 2.75) is 26.8 Å². The van der Waals surface area contributed by atoms with Crippen LogP contribution in [0.15, 0.2) is 6.07 Å². The van der Waals surface area contributed by atoms with Gasteiger partial charge in [0.25, 0.3) is 0 Å². The van der Waals surface area contributed by atoms with Crippen LogP contribution in [0.1, 0.15) is 24.6 Å². The van der Waals surface area contributed by atoms with Crippen LogP contribution >= 0.6 is 0 Å². The lowest BCUT2D eigenvalue weighted by molar-refractivity contribution is 0.505. The van der Waals surface area contributed by atoms with Crippen LogP contribution < -0.4 is 5.32 Å². The molecule has 1 aromatic carbocycles. The van der Waals surface area contributed by atoms with Gasteiger partial charge in [-0.05, 0) is 25.5 Å². The van der Waals surface area contributed by atoms with Gasteiger partial charge in [-0.25, -0.2) is 13.2 Å². The minimum Gasteiger partial charge on any atom is -0.356 e. The molecule has 0 saturated heterocycles. The summed E-state index contributed by atoms with van der Waals surface area (Å²) in [5.74, 6) is -2.92. The third-order valence-electron chi connectivity index (χ3n) is 2.97. The molecule has 0 bridgehead atoms. The predicted octanol–water partition coefficient (Wildman–Crippen LogP) is 3.39. The average molecular weight is 256 g/mol. The van der Waals surface area contributed by atoms with Crippen molar-refractivity contribution >= 4 is 10.9 Å². The minimum atomic E-state index is -1.16. The van der Waals surface area contributed by atoms with Crippen LogP contribution in [0.25, 0.3) is 10.9 Å². The van der Waals surface area contributed by atoms with Crippen LogP contribution in [-0.4, -0.2) is 11.5 Å². The Labute approximate surface area is 103 Å². The lowest BCUT2D eigenvalue weighted by Crippen LogP contribution is -2.14. The number of hydrogen-bond donors (Lipinski definition) is 2. The molecular formula is C13H15F3N2. The van der Waals surface area contributed by atoms with E-state index in [1.165, 1.54) is 0 Å². The van der Waals surface area contributed by atoms with Gasteiger partial charge in [0.2, 0.25) is 0 Å². The number of aromatic nitrogens is 1. The molecule has 2 N–H and O–H groups in total. The van der Waals surface area contributed by atoms with Gasteiger partial charge in [0, 0.05) is 23.7 Å². The van der Waals surface area contributed by atoms with E-state index in [4.69, 9.17) is 0 Å². The number of benzene rings is 1. The third-order valence-corrected chi connectivity index (χ3v) is 2.97. The molecular weight excluding hydrogens is 241 g/mol. The molecule has 2 nitrogen and oxygen atoms in total. The van der Waals surface area contributed by atoms with Crippen molar-refractivity contribution in [1.29, 1.82) is 0 Å². The molecule has 98 valence electrons. The number of rotatable bonds is 4. The van der Waals surface area contributed by atoms with Crippen LogP contribution in [0.2, 0.25) is 0 Å². The van der Waals surface area contributed by atoms with Crippen LogP contribution in [0.5, 0.6) is 0 Å². The SMILES string of the molecule is CCCNCc1c(C)[nH]c2c(F)cc(F)c(F)c12. The van der Waals surface area contributed by atoms with E-state index < -0.39 is 17.5 Å². The number of hydrogen-bond acceptors (Lipinski definition) is 1. The summed E-state index contributed by atoms with van der Waals surface area (Å²) >= 11 is 0. The average Bonchev–Trinajstić information content (AvgIpc) is 2.65. The molecule has 0 saturated carbocycles. The highest BCUT2D eigenvalue weighted by atomic mass is 19.2. The van der Waals surface area contributed by atoms with Crippen molar-refractivity contribution in [2.24, 2.45) is 0 Å². The van der Waals surface area contributed by atoms with Gasteiger partial charge in [0.05, 0.1) is 5.52 Å². The van der Waals surface area contributed by atoms with Crippen LogP contribution in [0.4, 0.5) is 13.2 Å². The zero-order chi connectivity index (χ0) is 13.3. The fourth-order valence-electron chi connectivity index (χ4n) is 2.06. The highest BCUT2D eigenvalue weighted by Crippen LogP contribution is 2.28. The molecule has 0 radical (unpaired) electrons. The predicted molar refractivity (Wildman–Crippen MR) is 64.9 cm³/mol. The molecule has 5 heteroatoms. The molecule has 0 fully saturated rings. The van der Waals surface area contributed by atoms with Crippen molar-refractivity contribution in [3.05, 3.63) is 34.8 Å². The molecule has 0 spiro atoms. The Balaban J connectivity index is 2.54. The van der Waals surface area contributed by atoms with Crippen LogP contribution in [0, 0.1) is 24.4 Å². The fourth-order valence-corrected chi connectivity index (χ4v) is 2.06. The highest BCUT2D eigenvalue weighted by molar-refractivity contribution is 5.85. The Hall–Kier alpha value is -1.49. The molecule has 1 heterocycles. The van der Waals surface area contributed by atoms with E-state index >= 15 is 0 Å². The zero-order valence-corrected chi connectivity index (χ0v) is 10.3. The van der Waals surface area contributed by atoms with Gasteiger partial charge in [0.15, 0.2) is 11.6 Å². The maximum Gasteiger partial charge on any atom is 0.168 e. The number of fused-ring (bicyclic) bond motifs is 1. The molecule has 0 aliphatic heterocycles. The summed E-state index contributed by atoms with van der Waals surface area (Å²) in [6, 6.07) is 0.566. The van der Waals surface area contributed by atoms with Gasteiger partial charge >= 0.3 is 0 Å². The maximum absolute atomic E-state index is 13.8. The van der Waals surface area contributed by atoms with Gasteiger partial charge in [-0.3, -0.25) is 0 Å². The second kappa shape index (κ2) is 5.02. The molecule has 18 heavy (non-hydrogen) atoms. The Morgan fingerprint density at radius 2 is 1.94 bits per heavy atom. The number of aryl methyl sites for hydroxylation is 1. The number of nitrogens with one attached hydrogen (secondary N) is 2. The normalized spacial score (nSPS) is 11.4. The summed E-state index contributed by atoms with van der Waals surface area (Å²) in [5.41, 5.74) is 1.26. The van der Waals surface area contributed by atoms with E-state index in [9.17, 15) is 13.2 Å². The van der Waals surface area contributed by atoms with E-state index in [0.29, 0.717) is 23.9 Å². The molecule has 0 aliphatic rings. The summed E-state index contributed by atoms with van der Waals surface area (Å²) in [5, 5.41) is 3.11. The molecule has 2 rings (SSSR count). The number of H-pyrrole nitrogens is 1. The van der Waals surface area contributed by atoms with E-state index in [0.717, 1.165) is 13.0 Å². The zero-order valence-electron chi connectivity index (χ0n) is 10.3. The Morgan fingerprint density at radius 1 is 1.22 bits per heavy atom. The number of halogens is 3. The highest BCUT2D eigenvalue weighted by Gasteiger charge is 2.19. The Bertz CT molecular complexity index is 575. The second-order valence-electron chi connectivity index (χ2n) is 4.31. The molecule has 0 amide bonds. The molecule has 2 aromatic rings. The first-order chi connectivity index (χ1) is 8.56. The molecule has 1 aromatic heterocycles. The topological polar surface area (TPSA) is 27.8 Å². The summed E-state index contributed by atoms with van der Waals surface area (Å²) < 4.78 is 40.6. The van der Waals surface area contributed by atoms with Gasteiger partial charge < -0.3 is 10.3 Å². The van der Waals surface area contributed by atoms with E-state index in [-0.39, 0.29) is 10.9 Å². The van der Waals surface area contributed by atoms with Crippen molar-refractivity contribution in [3.8, 4) is 0 Å². The second-order valence-corrected chi connectivity index (χ2v) is 4.31. The molecule has 0 aliphatic carbocycles. The fraction of sp³-hybridized carbons (Fsp3) is 0.385. The first-order valence-corrected chi connectivity index (χ1v) is 5.91. The lowest BCUT2D eigenvalue weighted by Gasteiger charge is -2.04. The lowest BCUT2D eigenvalue weighted by atomic mass is 10.1. The largest absolute Gasteiger partial charge is 0.356 e. The van der Waals surface area contributed by atoms with E-state index in [1.807, 2.05) is 6.92 Å². The standard InChI is InChI=1S/C13H15F3N2/c1-3-4-17-6-8-7(2)18-13-10(15)5-9(14)12(16)11(8)13/h5,17-18H,3-4,6H2,1-2H3. The van der Waals surface area contributed by atoms with E-state index in [1.54, 1.807) is 6.92 Å². The first-order valence-electron chi connectivity index (χ1n) is 5.91. The number of aromatic amines is 1. The summed E-state index contributed by atoms with van der Waals surface area (Å²) in [6.45, 7) is 4.89.